The normalized spacial score (nSPS) is 18.8. The van der Waals surface area contributed by atoms with Crippen LogP contribution < -0.4 is 10.6 Å². The van der Waals surface area contributed by atoms with E-state index < -0.39 is 0 Å². The third-order valence-corrected chi connectivity index (χ3v) is 3.83. The van der Waals surface area contributed by atoms with Crippen molar-refractivity contribution in [3.63, 3.8) is 0 Å². The summed E-state index contributed by atoms with van der Waals surface area (Å²) in [5.41, 5.74) is 8.04. The zero-order valence-electron chi connectivity index (χ0n) is 12.1. The predicted molar refractivity (Wildman–Crippen MR) is 81.6 cm³/mol. The molecule has 1 saturated heterocycles. The van der Waals surface area contributed by atoms with Crippen LogP contribution in [0.5, 0.6) is 0 Å². The Morgan fingerprint density at radius 1 is 1.33 bits per heavy atom. The molecule has 110 valence electrons. The summed E-state index contributed by atoms with van der Waals surface area (Å²) < 4.78 is 14.0. The standard InChI is InChI=1S/C16H19FN4/c1-11-9-19-16(21-8-4-5-12(18)10-21)20-15(11)13-6-2-3-7-14(13)17/h2-3,6-7,9,12H,4-5,8,10,18H2,1H3. The van der Waals surface area contributed by atoms with Gasteiger partial charge in [-0.1, -0.05) is 12.1 Å². The minimum atomic E-state index is -0.263. The zero-order chi connectivity index (χ0) is 14.8. The van der Waals surface area contributed by atoms with Gasteiger partial charge in [-0.05, 0) is 37.5 Å². The van der Waals surface area contributed by atoms with Crippen LogP contribution in [0.4, 0.5) is 10.3 Å². The van der Waals surface area contributed by atoms with Crippen LogP contribution >= 0.6 is 0 Å². The number of halogens is 1. The van der Waals surface area contributed by atoms with Gasteiger partial charge in [-0.25, -0.2) is 14.4 Å². The van der Waals surface area contributed by atoms with Gasteiger partial charge in [0.15, 0.2) is 0 Å². The highest BCUT2D eigenvalue weighted by molar-refractivity contribution is 5.64. The van der Waals surface area contributed by atoms with Crippen LogP contribution in [0.2, 0.25) is 0 Å². The second-order valence-electron chi connectivity index (χ2n) is 5.53. The molecule has 1 aliphatic rings. The fraction of sp³-hybridized carbons (Fsp3) is 0.375. The van der Waals surface area contributed by atoms with Crippen LogP contribution in [0.15, 0.2) is 30.5 Å². The average molecular weight is 286 g/mol. The summed E-state index contributed by atoms with van der Waals surface area (Å²) in [4.78, 5) is 11.1. The quantitative estimate of drug-likeness (QED) is 0.921. The number of benzene rings is 1. The summed E-state index contributed by atoms with van der Waals surface area (Å²) in [6.45, 7) is 3.54. The topological polar surface area (TPSA) is 55.0 Å². The molecule has 2 heterocycles. The first-order valence-corrected chi connectivity index (χ1v) is 7.24. The molecule has 0 amide bonds. The van der Waals surface area contributed by atoms with Crippen LogP contribution in [0, 0.1) is 12.7 Å². The third kappa shape index (κ3) is 2.88. The molecular formula is C16H19FN4. The first-order valence-electron chi connectivity index (χ1n) is 7.24. The first kappa shape index (κ1) is 13.9. The van der Waals surface area contributed by atoms with E-state index in [-0.39, 0.29) is 11.9 Å². The molecule has 1 aromatic carbocycles. The van der Waals surface area contributed by atoms with Gasteiger partial charge in [0.25, 0.3) is 0 Å². The van der Waals surface area contributed by atoms with Gasteiger partial charge in [-0.2, -0.15) is 0 Å². The van der Waals surface area contributed by atoms with Gasteiger partial charge in [0.2, 0.25) is 5.95 Å². The molecule has 1 aromatic heterocycles. The number of aromatic nitrogens is 2. The lowest BCUT2D eigenvalue weighted by Crippen LogP contribution is -2.43. The predicted octanol–water partition coefficient (Wildman–Crippen LogP) is 2.52. The molecular weight excluding hydrogens is 267 g/mol. The monoisotopic (exact) mass is 286 g/mol. The van der Waals surface area contributed by atoms with E-state index in [1.807, 2.05) is 13.0 Å². The summed E-state index contributed by atoms with van der Waals surface area (Å²) in [5.74, 6) is 0.370. The first-order chi connectivity index (χ1) is 10.1. The highest BCUT2D eigenvalue weighted by Gasteiger charge is 2.20. The largest absolute Gasteiger partial charge is 0.339 e. The molecule has 0 saturated carbocycles. The van der Waals surface area contributed by atoms with Crippen molar-refractivity contribution in [2.75, 3.05) is 18.0 Å². The van der Waals surface area contributed by atoms with E-state index in [1.165, 1.54) is 6.07 Å². The Balaban J connectivity index is 1.99. The summed E-state index contributed by atoms with van der Waals surface area (Å²) in [5, 5.41) is 0. The van der Waals surface area contributed by atoms with Gasteiger partial charge in [-0.15, -0.1) is 0 Å². The molecule has 21 heavy (non-hydrogen) atoms. The maximum absolute atomic E-state index is 14.0. The van der Waals surface area contributed by atoms with Crippen molar-refractivity contribution >= 4 is 5.95 Å². The lowest BCUT2D eigenvalue weighted by atomic mass is 10.1. The van der Waals surface area contributed by atoms with Gasteiger partial charge in [0, 0.05) is 30.9 Å². The van der Waals surface area contributed by atoms with Crippen molar-refractivity contribution in [3.05, 3.63) is 41.8 Å². The Hall–Kier alpha value is -2.01. The van der Waals surface area contributed by atoms with Gasteiger partial charge in [-0.3, -0.25) is 0 Å². The number of hydrogen-bond donors (Lipinski definition) is 1. The molecule has 0 aliphatic carbocycles. The van der Waals surface area contributed by atoms with E-state index in [2.05, 4.69) is 14.9 Å². The van der Waals surface area contributed by atoms with Crippen molar-refractivity contribution in [2.24, 2.45) is 5.73 Å². The fourth-order valence-corrected chi connectivity index (χ4v) is 2.70. The highest BCUT2D eigenvalue weighted by atomic mass is 19.1. The van der Waals surface area contributed by atoms with Crippen molar-refractivity contribution in [2.45, 2.75) is 25.8 Å². The van der Waals surface area contributed by atoms with E-state index in [0.29, 0.717) is 17.2 Å². The summed E-state index contributed by atoms with van der Waals surface area (Å²) >= 11 is 0. The summed E-state index contributed by atoms with van der Waals surface area (Å²) in [7, 11) is 0. The SMILES string of the molecule is Cc1cnc(N2CCCC(N)C2)nc1-c1ccccc1F. The molecule has 2 N–H and O–H groups in total. The van der Waals surface area contributed by atoms with E-state index in [0.717, 1.165) is 31.5 Å². The number of nitrogens with two attached hydrogens (primary N) is 1. The Labute approximate surface area is 123 Å². The maximum Gasteiger partial charge on any atom is 0.225 e. The Bertz CT molecular complexity index is 644. The van der Waals surface area contributed by atoms with Crippen molar-refractivity contribution in [3.8, 4) is 11.3 Å². The molecule has 0 bridgehead atoms. The Morgan fingerprint density at radius 3 is 2.90 bits per heavy atom. The van der Waals surface area contributed by atoms with Crippen LogP contribution in [0.3, 0.4) is 0 Å². The average Bonchev–Trinajstić information content (AvgIpc) is 2.49. The molecule has 2 aromatic rings. The minimum absolute atomic E-state index is 0.153. The van der Waals surface area contributed by atoms with Crippen LogP contribution in [0.25, 0.3) is 11.3 Å². The van der Waals surface area contributed by atoms with E-state index in [9.17, 15) is 4.39 Å². The zero-order valence-corrected chi connectivity index (χ0v) is 12.1. The lowest BCUT2D eigenvalue weighted by Gasteiger charge is -2.31. The molecule has 4 nitrogen and oxygen atoms in total. The number of aryl methyl sites for hydroxylation is 1. The van der Waals surface area contributed by atoms with E-state index >= 15 is 0 Å². The van der Waals surface area contributed by atoms with E-state index in [1.54, 1.807) is 18.3 Å². The van der Waals surface area contributed by atoms with E-state index in [4.69, 9.17) is 5.73 Å². The number of hydrogen-bond acceptors (Lipinski definition) is 4. The Kier molecular flexibility index (Phi) is 3.84. The molecule has 0 radical (unpaired) electrons. The van der Waals surface area contributed by atoms with Crippen LogP contribution in [0.1, 0.15) is 18.4 Å². The minimum Gasteiger partial charge on any atom is -0.339 e. The van der Waals surface area contributed by atoms with Crippen LogP contribution in [-0.4, -0.2) is 29.1 Å². The smallest absolute Gasteiger partial charge is 0.225 e. The molecule has 0 spiro atoms. The molecule has 1 fully saturated rings. The number of nitrogens with zero attached hydrogens (tertiary/aromatic N) is 3. The molecule has 1 atom stereocenters. The number of piperidine rings is 1. The third-order valence-electron chi connectivity index (χ3n) is 3.83. The second-order valence-corrected chi connectivity index (χ2v) is 5.53. The molecule has 5 heteroatoms. The molecule has 3 rings (SSSR count). The fourth-order valence-electron chi connectivity index (χ4n) is 2.70. The van der Waals surface area contributed by atoms with Crippen molar-refractivity contribution in [1.29, 1.82) is 0 Å². The molecule has 1 unspecified atom stereocenters. The van der Waals surface area contributed by atoms with Gasteiger partial charge < -0.3 is 10.6 Å². The molecule has 1 aliphatic heterocycles. The summed E-state index contributed by atoms with van der Waals surface area (Å²) in [6.07, 6.45) is 3.82. The maximum atomic E-state index is 14.0. The Morgan fingerprint density at radius 2 is 2.14 bits per heavy atom. The van der Waals surface area contributed by atoms with Crippen LogP contribution in [-0.2, 0) is 0 Å². The van der Waals surface area contributed by atoms with Crippen molar-refractivity contribution in [1.82, 2.24) is 9.97 Å². The lowest BCUT2D eigenvalue weighted by molar-refractivity contribution is 0.500. The van der Waals surface area contributed by atoms with Crippen molar-refractivity contribution < 1.29 is 4.39 Å². The highest BCUT2D eigenvalue weighted by Crippen LogP contribution is 2.26. The number of rotatable bonds is 2. The van der Waals surface area contributed by atoms with Gasteiger partial charge in [0.1, 0.15) is 5.82 Å². The summed E-state index contributed by atoms with van der Waals surface area (Å²) in [6, 6.07) is 6.85. The van der Waals surface area contributed by atoms with Gasteiger partial charge >= 0.3 is 0 Å². The second kappa shape index (κ2) is 5.77. The number of anilines is 1. The van der Waals surface area contributed by atoms with Gasteiger partial charge in [0.05, 0.1) is 5.69 Å².